The Kier molecular flexibility index (Phi) is 5.81. The van der Waals surface area contributed by atoms with Gasteiger partial charge in [-0.1, -0.05) is 13.8 Å². The molecule has 0 unspecified atom stereocenters. The van der Waals surface area contributed by atoms with E-state index in [1.165, 1.54) is 18.3 Å². The first-order chi connectivity index (χ1) is 12.1. The normalized spacial score (nSPS) is 12.9. The molecule has 0 aliphatic rings. The first kappa shape index (κ1) is 19.6. The molecule has 138 valence electrons. The van der Waals surface area contributed by atoms with Gasteiger partial charge in [-0.25, -0.2) is 9.97 Å². The molecule has 0 aliphatic heterocycles. The molecule has 0 bridgehead atoms. The lowest BCUT2D eigenvalue weighted by molar-refractivity contribution is -0.138. The molecule has 6 nitrogen and oxygen atoms in total. The number of nitrogens with one attached hydrogen (secondary N) is 2. The number of carbonyl (C=O) groups excluding carboxylic acids is 1. The summed E-state index contributed by atoms with van der Waals surface area (Å²) < 4.78 is 45.0. The molecule has 2 aromatic heterocycles. The minimum absolute atomic E-state index is 0.00758. The number of ketones is 1. The summed E-state index contributed by atoms with van der Waals surface area (Å²) in [6, 6.07) is 3.70. The molecule has 0 saturated carbocycles. The summed E-state index contributed by atoms with van der Waals surface area (Å²) in [7, 11) is 0. The smallest absolute Gasteiger partial charge is 0.418 e. The average molecular weight is 366 g/mol. The standard InChI is InChI=1S/C17H17F3N4O2/c1-9(2)12(21)8-26-13-6-5-11(17(18,19)20)14(24-13)15(25)10-4-3-7-23-16(10)22/h3-7,9,12,21-22H,8H2,1-2H3/t12-/m1/s1. The van der Waals surface area contributed by atoms with Gasteiger partial charge < -0.3 is 4.74 Å². The molecule has 0 aromatic carbocycles. The number of rotatable bonds is 6. The number of hydrogen-bond acceptors (Lipinski definition) is 4. The number of alkyl halides is 3. The Balaban J connectivity index is 2.42. The number of nitrogens with zero attached hydrogens (tertiary/aromatic N) is 2. The van der Waals surface area contributed by atoms with Crippen molar-refractivity contribution in [2.75, 3.05) is 6.61 Å². The van der Waals surface area contributed by atoms with Crippen molar-refractivity contribution in [3.05, 3.63) is 47.3 Å². The number of hydrogen-bond donors (Lipinski definition) is 0. The number of halogens is 3. The van der Waals surface area contributed by atoms with Gasteiger partial charge in [0, 0.05) is 12.3 Å². The first-order valence-corrected chi connectivity index (χ1v) is 7.74. The van der Waals surface area contributed by atoms with Gasteiger partial charge in [-0.05, 0) is 24.1 Å². The van der Waals surface area contributed by atoms with Crippen LogP contribution in [0, 0.1) is 5.92 Å². The Hall–Kier alpha value is -2.68. The molecule has 2 rings (SSSR count). The molecule has 2 heterocycles. The Morgan fingerprint density at radius 1 is 1.27 bits per heavy atom. The zero-order valence-electron chi connectivity index (χ0n) is 14.1. The Labute approximate surface area is 148 Å². The summed E-state index contributed by atoms with van der Waals surface area (Å²) in [5.74, 6) is -1.70. The average Bonchev–Trinajstić information content (AvgIpc) is 2.58. The lowest BCUT2D eigenvalue weighted by Gasteiger charge is -2.17. The highest BCUT2D eigenvalue weighted by Gasteiger charge is 2.37. The third-order valence-corrected chi connectivity index (χ3v) is 3.66. The van der Waals surface area contributed by atoms with Crippen LogP contribution in [0.15, 0.2) is 30.5 Å². The minimum atomic E-state index is -4.79. The molecular weight excluding hydrogens is 349 g/mol. The van der Waals surface area contributed by atoms with Crippen molar-refractivity contribution in [1.29, 1.82) is 0 Å². The van der Waals surface area contributed by atoms with Crippen LogP contribution in [0.1, 0.15) is 35.5 Å². The largest absolute Gasteiger partial charge is 0.476 e. The van der Waals surface area contributed by atoms with Crippen LogP contribution in [-0.2, 0) is 6.18 Å². The van der Waals surface area contributed by atoms with Gasteiger partial charge in [0.2, 0.25) is 11.7 Å². The van der Waals surface area contributed by atoms with Gasteiger partial charge in [-0.2, -0.15) is 13.2 Å². The number of aromatic nitrogens is 2. The second-order valence-electron chi connectivity index (χ2n) is 5.93. The minimum Gasteiger partial charge on any atom is -0.476 e. The van der Waals surface area contributed by atoms with Gasteiger partial charge in [0.25, 0.3) is 0 Å². The van der Waals surface area contributed by atoms with Crippen LogP contribution < -0.4 is 16.2 Å². The zero-order chi connectivity index (χ0) is 19.5. The molecule has 2 radical (unpaired) electrons. The van der Waals surface area contributed by atoms with Crippen molar-refractivity contribution < 1.29 is 22.7 Å². The molecule has 0 saturated heterocycles. The van der Waals surface area contributed by atoms with E-state index in [1.54, 1.807) is 0 Å². The third-order valence-electron chi connectivity index (χ3n) is 3.66. The highest BCUT2D eigenvalue weighted by Crippen LogP contribution is 2.33. The van der Waals surface area contributed by atoms with Gasteiger partial charge >= 0.3 is 6.18 Å². The van der Waals surface area contributed by atoms with Gasteiger partial charge in [0.15, 0.2) is 5.82 Å². The van der Waals surface area contributed by atoms with Crippen LogP contribution in [0.2, 0.25) is 0 Å². The van der Waals surface area contributed by atoms with Gasteiger partial charge in [0.1, 0.15) is 12.3 Å². The number of ether oxygens (including phenoxy) is 1. The second kappa shape index (κ2) is 7.69. The maximum atomic E-state index is 13.3. The number of carbonyl (C=O) groups is 1. The molecule has 26 heavy (non-hydrogen) atoms. The van der Waals surface area contributed by atoms with Crippen molar-refractivity contribution >= 4 is 11.6 Å². The summed E-state index contributed by atoms with van der Waals surface area (Å²) in [4.78, 5) is 19.8. The van der Waals surface area contributed by atoms with E-state index in [2.05, 4.69) is 9.97 Å². The topological polar surface area (TPSA) is 99.7 Å². The van der Waals surface area contributed by atoms with E-state index >= 15 is 0 Å². The van der Waals surface area contributed by atoms with Crippen molar-refractivity contribution in [2.45, 2.75) is 26.1 Å². The van der Waals surface area contributed by atoms with E-state index in [0.717, 1.165) is 6.07 Å². The monoisotopic (exact) mass is 366 g/mol. The summed E-state index contributed by atoms with van der Waals surface area (Å²) >= 11 is 0. The zero-order valence-corrected chi connectivity index (χ0v) is 14.1. The summed E-state index contributed by atoms with van der Waals surface area (Å²) in [5, 5.41) is 0. The fourth-order valence-corrected chi connectivity index (χ4v) is 2.01. The predicted molar refractivity (Wildman–Crippen MR) is 86.9 cm³/mol. The van der Waals surface area contributed by atoms with E-state index < -0.39 is 35.1 Å². The lowest BCUT2D eigenvalue weighted by Crippen LogP contribution is -2.25. The van der Waals surface area contributed by atoms with Crippen LogP contribution in [-0.4, -0.2) is 28.4 Å². The molecular formula is C17H17F3N4O2. The van der Waals surface area contributed by atoms with E-state index in [0.29, 0.717) is 6.07 Å². The maximum Gasteiger partial charge on any atom is 0.418 e. The second-order valence-corrected chi connectivity index (χ2v) is 5.93. The SMILES string of the molecule is CC(C)[C@H]([NH])COc1ccc(C(F)(F)F)c(C(=O)c2cccnc2[NH])n1. The Bertz CT molecular complexity index is 794. The van der Waals surface area contributed by atoms with Crippen LogP contribution in [0.25, 0.3) is 0 Å². The summed E-state index contributed by atoms with van der Waals surface area (Å²) in [6.07, 6.45) is -3.53. The van der Waals surface area contributed by atoms with Crippen LogP contribution in [0.3, 0.4) is 0 Å². The molecule has 2 N–H and O–H groups in total. The van der Waals surface area contributed by atoms with Gasteiger partial charge in [-0.3, -0.25) is 16.3 Å². The molecule has 0 amide bonds. The van der Waals surface area contributed by atoms with Crippen molar-refractivity contribution in [3.8, 4) is 5.88 Å². The van der Waals surface area contributed by atoms with Crippen LogP contribution >= 0.6 is 0 Å². The third kappa shape index (κ3) is 4.48. The van der Waals surface area contributed by atoms with E-state index in [-0.39, 0.29) is 24.0 Å². The van der Waals surface area contributed by atoms with Gasteiger partial charge in [0.05, 0.1) is 17.2 Å². The summed E-state index contributed by atoms with van der Waals surface area (Å²) in [5.41, 5.74) is 13.0. The fraction of sp³-hybridized carbons (Fsp3) is 0.353. The Morgan fingerprint density at radius 2 is 1.96 bits per heavy atom. The maximum absolute atomic E-state index is 13.3. The molecule has 0 spiro atoms. The number of pyridine rings is 2. The van der Waals surface area contributed by atoms with Crippen molar-refractivity contribution in [2.24, 2.45) is 5.92 Å². The molecule has 0 fully saturated rings. The quantitative estimate of drug-likeness (QED) is 0.732. The highest BCUT2D eigenvalue weighted by molar-refractivity contribution is 6.11. The van der Waals surface area contributed by atoms with E-state index in [9.17, 15) is 18.0 Å². The van der Waals surface area contributed by atoms with Crippen molar-refractivity contribution in [1.82, 2.24) is 21.4 Å². The van der Waals surface area contributed by atoms with Gasteiger partial charge in [-0.15, -0.1) is 0 Å². The Morgan fingerprint density at radius 3 is 2.54 bits per heavy atom. The summed E-state index contributed by atoms with van der Waals surface area (Å²) in [6.45, 7) is 3.56. The van der Waals surface area contributed by atoms with E-state index in [1.807, 2.05) is 13.8 Å². The molecule has 2 aromatic rings. The highest BCUT2D eigenvalue weighted by atomic mass is 19.4. The van der Waals surface area contributed by atoms with Crippen molar-refractivity contribution in [3.63, 3.8) is 0 Å². The predicted octanol–water partition coefficient (Wildman–Crippen LogP) is 3.33. The van der Waals surface area contributed by atoms with Crippen LogP contribution in [0.4, 0.5) is 19.0 Å². The van der Waals surface area contributed by atoms with Crippen LogP contribution in [0.5, 0.6) is 5.88 Å². The fourth-order valence-electron chi connectivity index (χ4n) is 2.01. The lowest BCUT2D eigenvalue weighted by atomic mass is 10.0. The molecule has 1 atom stereocenters. The first-order valence-electron chi connectivity index (χ1n) is 7.74. The molecule has 0 aliphatic carbocycles. The van der Waals surface area contributed by atoms with E-state index in [4.69, 9.17) is 16.2 Å². The molecule has 9 heteroatoms.